The summed E-state index contributed by atoms with van der Waals surface area (Å²) < 4.78 is 35.4. The maximum Gasteiger partial charge on any atom is 0.281 e. The number of methoxy groups -OCH3 is 1. The van der Waals surface area contributed by atoms with Gasteiger partial charge in [0.15, 0.2) is 0 Å². The minimum atomic E-state index is -2.87. The number of anilines is 1. The Kier molecular flexibility index (Phi) is 4.24. The zero-order valence-corrected chi connectivity index (χ0v) is 16.4. The Morgan fingerprint density at radius 1 is 1.17 bits per heavy atom. The Hall–Kier alpha value is -3.40. The van der Waals surface area contributed by atoms with Crippen LogP contribution in [0.1, 0.15) is 0 Å². The van der Waals surface area contributed by atoms with Crippen molar-refractivity contribution in [3.05, 3.63) is 42.9 Å². The number of ether oxygens (including phenoxy) is 1. The highest BCUT2D eigenvalue weighted by atomic mass is 19.3. The lowest BCUT2D eigenvalue weighted by Gasteiger charge is -2.19. The molecular weight excluding hydrogens is 392 g/mol. The van der Waals surface area contributed by atoms with Crippen molar-refractivity contribution >= 4 is 22.5 Å². The Bertz CT molecular complexity index is 1240. The van der Waals surface area contributed by atoms with Crippen LogP contribution in [0, 0.1) is 0 Å². The maximum atomic E-state index is 14.2. The fourth-order valence-corrected chi connectivity index (χ4v) is 3.85. The largest absolute Gasteiger partial charge is 0.479 e. The van der Waals surface area contributed by atoms with Gasteiger partial charge in [-0.05, 0) is 30.8 Å². The van der Waals surface area contributed by atoms with Crippen LogP contribution < -0.4 is 10.1 Å². The molecule has 1 fully saturated rings. The van der Waals surface area contributed by atoms with Gasteiger partial charge in [-0.3, -0.25) is 14.9 Å². The van der Waals surface area contributed by atoms with E-state index in [0.717, 1.165) is 22.2 Å². The molecule has 0 bridgehead atoms. The monoisotopic (exact) mass is 411 g/mol. The fraction of sp³-hybridized carbons (Fsp3) is 0.300. The van der Waals surface area contributed by atoms with Gasteiger partial charge in [-0.2, -0.15) is 4.98 Å². The first-order valence-corrected chi connectivity index (χ1v) is 9.42. The summed E-state index contributed by atoms with van der Waals surface area (Å²) in [5.74, 6) is -2.49. The van der Waals surface area contributed by atoms with Crippen LogP contribution in [0.4, 0.5) is 14.7 Å². The highest BCUT2D eigenvalue weighted by Gasteiger charge is 2.47. The molecule has 1 atom stereocenters. The number of likely N-dealkylation sites (tertiary alicyclic amines) is 1. The molecule has 4 aromatic rings. The highest BCUT2D eigenvalue weighted by Crippen LogP contribution is 2.33. The average Bonchev–Trinajstić information content (AvgIpc) is 3.26. The number of aromatic nitrogens is 5. The van der Waals surface area contributed by atoms with Gasteiger partial charge in [0.05, 0.1) is 24.7 Å². The number of hydrogen-bond donors (Lipinski definition) is 1. The lowest BCUT2D eigenvalue weighted by Crippen LogP contribution is -2.38. The first-order chi connectivity index (χ1) is 14.4. The molecule has 0 aliphatic carbocycles. The molecule has 0 amide bonds. The number of hydrogen-bond acceptors (Lipinski definition) is 7. The third kappa shape index (κ3) is 3.09. The molecule has 30 heavy (non-hydrogen) atoms. The first-order valence-electron chi connectivity index (χ1n) is 9.42. The average molecular weight is 411 g/mol. The van der Waals surface area contributed by atoms with Gasteiger partial charge in [-0.1, -0.05) is 6.07 Å². The molecule has 1 saturated heterocycles. The van der Waals surface area contributed by atoms with Crippen LogP contribution in [0.3, 0.4) is 0 Å². The Balaban J connectivity index is 1.56. The predicted molar refractivity (Wildman–Crippen MR) is 108 cm³/mol. The minimum Gasteiger partial charge on any atom is -0.479 e. The summed E-state index contributed by atoms with van der Waals surface area (Å²) in [6, 6.07) is 6.57. The lowest BCUT2D eigenvalue weighted by molar-refractivity contribution is 0.00583. The van der Waals surface area contributed by atoms with Gasteiger partial charge in [-0.25, -0.2) is 13.3 Å². The highest BCUT2D eigenvalue weighted by molar-refractivity contribution is 5.89. The molecule has 10 heteroatoms. The summed E-state index contributed by atoms with van der Waals surface area (Å²) >= 11 is 0. The third-order valence-corrected chi connectivity index (χ3v) is 5.24. The molecule has 0 unspecified atom stereocenters. The van der Waals surface area contributed by atoms with Crippen molar-refractivity contribution in [3.8, 4) is 17.0 Å². The van der Waals surface area contributed by atoms with Crippen LogP contribution in [0.25, 0.3) is 27.7 Å². The van der Waals surface area contributed by atoms with E-state index in [0.29, 0.717) is 11.4 Å². The summed E-state index contributed by atoms with van der Waals surface area (Å²) in [7, 11) is 3.15. The van der Waals surface area contributed by atoms with Gasteiger partial charge in [0.25, 0.3) is 5.92 Å². The molecule has 0 radical (unpaired) electrons. The van der Waals surface area contributed by atoms with E-state index in [2.05, 4.69) is 25.4 Å². The molecule has 1 N–H and O–H groups in total. The van der Waals surface area contributed by atoms with Crippen molar-refractivity contribution in [3.63, 3.8) is 0 Å². The number of likely N-dealkylation sites (N-methyl/N-ethyl adjacent to an activating group) is 1. The summed E-state index contributed by atoms with van der Waals surface area (Å²) in [6.07, 6.45) is 5.04. The number of nitrogens with zero attached hydrogens (tertiary/aromatic N) is 6. The van der Waals surface area contributed by atoms with Crippen LogP contribution in [0.5, 0.6) is 5.88 Å². The standard InChI is InChI=1S/C20H19F2N7O/c1-28-10-16(20(21,22)11-28)25-19-26-18(30-2)17-13(5-8-29(17)27-19)12-3-4-14-15(9-12)24-7-6-23-14/h3-9,16H,10-11H2,1-2H3,(H,25,27)/t16-/m1/s1. The second-order valence-electron chi connectivity index (χ2n) is 7.38. The van der Waals surface area contributed by atoms with Gasteiger partial charge in [0.2, 0.25) is 11.8 Å². The second kappa shape index (κ2) is 6.84. The molecule has 0 saturated carbocycles. The van der Waals surface area contributed by atoms with Gasteiger partial charge in [0.1, 0.15) is 11.6 Å². The quantitative estimate of drug-likeness (QED) is 0.553. The van der Waals surface area contributed by atoms with E-state index in [-0.39, 0.29) is 19.0 Å². The molecule has 5 rings (SSSR count). The number of halogens is 2. The second-order valence-corrected chi connectivity index (χ2v) is 7.38. The van der Waals surface area contributed by atoms with E-state index in [1.807, 2.05) is 24.3 Å². The molecule has 1 aromatic carbocycles. The molecule has 0 spiro atoms. The van der Waals surface area contributed by atoms with Gasteiger partial charge in [-0.15, -0.1) is 5.10 Å². The molecule has 3 aromatic heterocycles. The van der Waals surface area contributed by atoms with E-state index in [4.69, 9.17) is 4.74 Å². The Morgan fingerprint density at radius 2 is 1.97 bits per heavy atom. The van der Waals surface area contributed by atoms with E-state index >= 15 is 0 Å². The molecule has 1 aliphatic rings. The Morgan fingerprint density at radius 3 is 2.70 bits per heavy atom. The number of nitrogens with one attached hydrogen (secondary N) is 1. The van der Waals surface area contributed by atoms with E-state index in [9.17, 15) is 8.78 Å². The van der Waals surface area contributed by atoms with Gasteiger partial charge >= 0.3 is 0 Å². The topological polar surface area (TPSA) is 80.5 Å². The zero-order valence-electron chi connectivity index (χ0n) is 16.4. The summed E-state index contributed by atoms with van der Waals surface area (Å²) in [5, 5.41) is 7.15. The normalized spacial score (nSPS) is 18.9. The third-order valence-electron chi connectivity index (χ3n) is 5.24. The molecular formula is C20H19F2N7O. The summed E-state index contributed by atoms with van der Waals surface area (Å²) in [6.45, 7) is -0.103. The van der Waals surface area contributed by atoms with E-state index < -0.39 is 12.0 Å². The molecule has 154 valence electrons. The lowest BCUT2D eigenvalue weighted by atomic mass is 10.1. The van der Waals surface area contributed by atoms with Crippen LogP contribution >= 0.6 is 0 Å². The van der Waals surface area contributed by atoms with Crippen LogP contribution in [-0.2, 0) is 0 Å². The fourth-order valence-electron chi connectivity index (χ4n) is 3.85. The number of fused-ring (bicyclic) bond motifs is 2. The molecule has 8 nitrogen and oxygen atoms in total. The predicted octanol–water partition coefficient (Wildman–Crippen LogP) is 2.71. The maximum absolute atomic E-state index is 14.2. The number of rotatable bonds is 4. The van der Waals surface area contributed by atoms with Crippen molar-refractivity contribution in [1.29, 1.82) is 0 Å². The Labute approximate surface area is 170 Å². The van der Waals surface area contributed by atoms with E-state index in [1.165, 1.54) is 7.11 Å². The van der Waals surface area contributed by atoms with Crippen molar-refractivity contribution in [2.24, 2.45) is 0 Å². The van der Waals surface area contributed by atoms with Crippen LogP contribution in [0.2, 0.25) is 0 Å². The summed E-state index contributed by atoms with van der Waals surface area (Å²) in [5.41, 5.74) is 3.94. The minimum absolute atomic E-state index is 0.0888. The summed E-state index contributed by atoms with van der Waals surface area (Å²) in [4.78, 5) is 14.6. The van der Waals surface area contributed by atoms with E-state index in [1.54, 1.807) is 35.1 Å². The van der Waals surface area contributed by atoms with Gasteiger partial charge in [0, 0.05) is 30.7 Å². The molecule has 1 aliphatic heterocycles. The van der Waals surface area contributed by atoms with Crippen molar-refractivity contribution < 1.29 is 13.5 Å². The number of benzene rings is 1. The smallest absolute Gasteiger partial charge is 0.281 e. The SMILES string of the molecule is COc1nc(N[C@@H]2CN(C)CC2(F)F)nn2ccc(-c3ccc4nccnc4c3)c12. The van der Waals surface area contributed by atoms with Gasteiger partial charge < -0.3 is 10.1 Å². The van der Waals surface area contributed by atoms with Crippen LogP contribution in [-0.4, -0.2) is 68.7 Å². The van der Waals surface area contributed by atoms with Crippen LogP contribution in [0.15, 0.2) is 42.9 Å². The molecule has 4 heterocycles. The van der Waals surface area contributed by atoms with Crippen molar-refractivity contribution in [2.75, 3.05) is 32.6 Å². The first kappa shape index (κ1) is 18.6. The zero-order chi connectivity index (χ0) is 20.9. The number of alkyl halides is 2. The van der Waals surface area contributed by atoms with Crippen molar-refractivity contribution in [1.82, 2.24) is 29.5 Å². The van der Waals surface area contributed by atoms with Crippen molar-refractivity contribution in [2.45, 2.75) is 12.0 Å².